The summed E-state index contributed by atoms with van der Waals surface area (Å²) >= 11 is 0. The van der Waals surface area contributed by atoms with E-state index in [2.05, 4.69) is 19.2 Å². The molecular weight excluding hydrogens is 172 g/mol. The predicted octanol–water partition coefficient (Wildman–Crippen LogP) is 2.00. The van der Waals surface area contributed by atoms with Crippen molar-refractivity contribution in [2.24, 2.45) is 23.5 Å². The second-order valence-electron chi connectivity index (χ2n) is 4.86. The van der Waals surface area contributed by atoms with Gasteiger partial charge < -0.3 is 11.1 Å². The quantitative estimate of drug-likeness (QED) is 0.685. The van der Waals surface area contributed by atoms with Crippen molar-refractivity contribution in [3.05, 3.63) is 0 Å². The van der Waals surface area contributed by atoms with Crippen molar-refractivity contribution in [3.63, 3.8) is 0 Å². The first-order valence-corrected chi connectivity index (χ1v) is 6.18. The molecule has 3 N–H and O–H groups in total. The van der Waals surface area contributed by atoms with Gasteiger partial charge in [-0.05, 0) is 50.2 Å². The SMILES string of the molecule is CCC(C)CNCC1CCCC1CN. The largest absolute Gasteiger partial charge is 0.330 e. The van der Waals surface area contributed by atoms with Crippen molar-refractivity contribution in [1.29, 1.82) is 0 Å². The van der Waals surface area contributed by atoms with Gasteiger partial charge in [0, 0.05) is 0 Å². The summed E-state index contributed by atoms with van der Waals surface area (Å²) in [5.74, 6) is 2.45. The van der Waals surface area contributed by atoms with E-state index in [1.54, 1.807) is 0 Å². The lowest BCUT2D eigenvalue weighted by Gasteiger charge is -2.19. The Morgan fingerprint density at radius 1 is 1.36 bits per heavy atom. The Morgan fingerprint density at radius 3 is 2.71 bits per heavy atom. The number of rotatable bonds is 6. The minimum Gasteiger partial charge on any atom is -0.330 e. The molecule has 0 spiro atoms. The van der Waals surface area contributed by atoms with Gasteiger partial charge in [-0.2, -0.15) is 0 Å². The Morgan fingerprint density at radius 2 is 2.07 bits per heavy atom. The molecule has 1 rings (SSSR count). The summed E-state index contributed by atoms with van der Waals surface area (Å²) in [5.41, 5.74) is 5.75. The van der Waals surface area contributed by atoms with Gasteiger partial charge in [-0.25, -0.2) is 0 Å². The fraction of sp³-hybridized carbons (Fsp3) is 1.00. The number of nitrogens with one attached hydrogen (secondary N) is 1. The van der Waals surface area contributed by atoms with E-state index in [0.717, 1.165) is 24.3 Å². The van der Waals surface area contributed by atoms with E-state index in [4.69, 9.17) is 5.73 Å². The fourth-order valence-corrected chi connectivity index (χ4v) is 2.35. The van der Waals surface area contributed by atoms with Gasteiger partial charge >= 0.3 is 0 Å². The van der Waals surface area contributed by atoms with Gasteiger partial charge in [0.05, 0.1) is 0 Å². The molecule has 0 heterocycles. The molecule has 0 aliphatic heterocycles. The number of nitrogens with two attached hydrogens (primary N) is 1. The van der Waals surface area contributed by atoms with Gasteiger partial charge in [0.1, 0.15) is 0 Å². The van der Waals surface area contributed by atoms with Crippen LogP contribution in [0, 0.1) is 17.8 Å². The summed E-state index contributed by atoms with van der Waals surface area (Å²) in [6.07, 6.45) is 5.40. The van der Waals surface area contributed by atoms with Crippen molar-refractivity contribution < 1.29 is 0 Å². The van der Waals surface area contributed by atoms with E-state index >= 15 is 0 Å². The van der Waals surface area contributed by atoms with Crippen LogP contribution in [-0.4, -0.2) is 19.6 Å². The van der Waals surface area contributed by atoms with E-state index in [1.165, 1.54) is 38.8 Å². The second kappa shape index (κ2) is 6.41. The van der Waals surface area contributed by atoms with Crippen LogP contribution in [0.15, 0.2) is 0 Å². The maximum atomic E-state index is 5.75. The molecule has 1 fully saturated rings. The van der Waals surface area contributed by atoms with Crippen LogP contribution < -0.4 is 11.1 Å². The van der Waals surface area contributed by atoms with Gasteiger partial charge in [0.25, 0.3) is 0 Å². The minimum absolute atomic E-state index is 0.791. The van der Waals surface area contributed by atoms with Gasteiger partial charge in [-0.3, -0.25) is 0 Å². The van der Waals surface area contributed by atoms with Crippen LogP contribution in [0.1, 0.15) is 39.5 Å². The fourth-order valence-electron chi connectivity index (χ4n) is 2.35. The zero-order chi connectivity index (χ0) is 10.4. The highest BCUT2D eigenvalue weighted by atomic mass is 14.9. The lowest BCUT2D eigenvalue weighted by atomic mass is 9.96. The average Bonchev–Trinajstić information content (AvgIpc) is 2.65. The highest BCUT2D eigenvalue weighted by Crippen LogP contribution is 2.30. The van der Waals surface area contributed by atoms with Crippen molar-refractivity contribution in [1.82, 2.24) is 5.32 Å². The zero-order valence-electron chi connectivity index (χ0n) is 9.76. The van der Waals surface area contributed by atoms with E-state index in [1.807, 2.05) is 0 Å². The number of hydrogen-bond donors (Lipinski definition) is 2. The molecule has 0 amide bonds. The number of hydrogen-bond acceptors (Lipinski definition) is 2. The highest BCUT2D eigenvalue weighted by molar-refractivity contribution is 4.79. The molecule has 3 atom stereocenters. The maximum absolute atomic E-state index is 5.75. The smallest absolute Gasteiger partial charge is 0.00173 e. The Kier molecular flexibility index (Phi) is 5.49. The molecule has 1 saturated carbocycles. The van der Waals surface area contributed by atoms with Crippen molar-refractivity contribution in [3.8, 4) is 0 Å². The zero-order valence-corrected chi connectivity index (χ0v) is 9.76. The molecule has 1 aliphatic carbocycles. The third-order valence-corrected chi connectivity index (χ3v) is 3.72. The second-order valence-corrected chi connectivity index (χ2v) is 4.86. The molecule has 3 unspecified atom stereocenters. The molecular formula is C12H26N2. The third-order valence-electron chi connectivity index (χ3n) is 3.72. The lowest BCUT2D eigenvalue weighted by Crippen LogP contribution is -2.31. The highest BCUT2D eigenvalue weighted by Gasteiger charge is 2.25. The molecule has 2 nitrogen and oxygen atoms in total. The van der Waals surface area contributed by atoms with Crippen molar-refractivity contribution in [2.75, 3.05) is 19.6 Å². The lowest BCUT2D eigenvalue weighted by molar-refractivity contribution is 0.361. The van der Waals surface area contributed by atoms with E-state index in [-0.39, 0.29) is 0 Å². The molecule has 0 aromatic carbocycles. The standard InChI is InChI=1S/C12H26N2/c1-3-10(2)8-14-9-12-6-4-5-11(12)7-13/h10-12,14H,3-9,13H2,1-2H3. The topological polar surface area (TPSA) is 38.0 Å². The van der Waals surface area contributed by atoms with E-state index in [9.17, 15) is 0 Å². The van der Waals surface area contributed by atoms with Crippen LogP contribution in [-0.2, 0) is 0 Å². The molecule has 84 valence electrons. The van der Waals surface area contributed by atoms with Gasteiger partial charge in [-0.15, -0.1) is 0 Å². The Labute approximate surface area is 88.6 Å². The molecule has 14 heavy (non-hydrogen) atoms. The van der Waals surface area contributed by atoms with Gasteiger partial charge in [-0.1, -0.05) is 26.7 Å². The molecule has 0 radical (unpaired) electrons. The van der Waals surface area contributed by atoms with Crippen LogP contribution in [0.2, 0.25) is 0 Å². The van der Waals surface area contributed by atoms with Crippen LogP contribution in [0.4, 0.5) is 0 Å². The Hall–Kier alpha value is -0.0800. The predicted molar refractivity (Wildman–Crippen MR) is 62.2 cm³/mol. The normalized spacial score (nSPS) is 29.4. The summed E-state index contributed by atoms with van der Waals surface area (Å²) in [5, 5.41) is 3.59. The summed E-state index contributed by atoms with van der Waals surface area (Å²) < 4.78 is 0. The summed E-state index contributed by atoms with van der Waals surface area (Å²) in [6.45, 7) is 7.80. The van der Waals surface area contributed by atoms with Gasteiger partial charge in [0.2, 0.25) is 0 Å². The molecule has 1 aliphatic rings. The Balaban J connectivity index is 2.11. The van der Waals surface area contributed by atoms with E-state index < -0.39 is 0 Å². The molecule has 0 aromatic heterocycles. The van der Waals surface area contributed by atoms with Crippen LogP contribution >= 0.6 is 0 Å². The summed E-state index contributed by atoms with van der Waals surface area (Å²) in [7, 11) is 0. The average molecular weight is 198 g/mol. The molecule has 0 aromatic rings. The van der Waals surface area contributed by atoms with Crippen molar-refractivity contribution >= 4 is 0 Å². The van der Waals surface area contributed by atoms with Crippen LogP contribution in [0.5, 0.6) is 0 Å². The molecule has 0 saturated heterocycles. The van der Waals surface area contributed by atoms with E-state index in [0.29, 0.717) is 0 Å². The maximum Gasteiger partial charge on any atom is -0.00173 e. The first kappa shape index (κ1) is 12.0. The van der Waals surface area contributed by atoms with Crippen LogP contribution in [0.3, 0.4) is 0 Å². The third kappa shape index (κ3) is 3.58. The van der Waals surface area contributed by atoms with Crippen molar-refractivity contribution in [2.45, 2.75) is 39.5 Å². The molecule has 2 heteroatoms. The Bertz CT molecular complexity index is 147. The minimum atomic E-state index is 0.791. The summed E-state index contributed by atoms with van der Waals surface area (Å²) in [4.78, 5) is 0. The van der Waals surface area contributed by atoms with Crippen LogP contribution in [0.25, 0.3) is 0 Å². The summed E-state index contributed by atoms with van der Waals surface area (Å²) in [6, 6.07) is 0. The molecule has 0 bridgehead atoms. The van der Waals surface area contributed by atoms with Gasteiger partial charge in [0.15, 0.2) is 0 Å². The first-order chi connectivity index (χ1) is 6.77. The first-order valence-electron chi connectivity index (χ1n) is 6.18. The monoisotopic (exact) mass is 198 g/mol.